The summed E-state index contributed by atoms with van der Waals surface area (Å²) in [5, 5.41) is -0.292. The molecule has 0 spiro atoms. The van der Waals surface area contributed by atoms with Gasteiger partial charge in [-0.1, -0.05) is 31.4 Å². The van der Waals surface area contributed by atoms with E-state index in [0.717, 1.165) is 37.7 Å². The van der Waals surface area contributed by atoms with Crippen LogP contribution in [0.15, 0.2) is 24.3 Å². The Morgan fingerprint density at radius 3 is 2.14 bits per heavy atom. The molecule has 0 saturated heterocycles. The van der Waals surface area contributed by atoms with Gasteiger partial charge in [0.15, 0.2) is 0 Å². The van der Waals surface area contributed by atoms with E-state index in [1.807, 2.05) is 26.0 Å². The summed E-state index contributed by atoms with van der Waals surface area (Å²) in [6.07, 6.45) is 4.58. The minimum Gasteiger partial charge on any atom is -0.459 e. The van der Waals surface area contributed by atoms with Crippen LogP contribution in [-0.2, 0) is 14.9 Å². The van der Waals surface area contributed by atoms with Crippen molar-refractivity contribution in [1.82, 2.24) is 0 Å². The van der Waals surface area contributed by atoms with Gasteiger partial charge < -0.3 is 4.74 Å². The normalized spacial score (nSPS) is 17.5. The zero-order valence-electron chi connectivity index (χ0n) is 12.5. The lowest BCUT2D eigenvalue weighted by atomic mass is 9.70. The van der Waals surface area contributed by atoms with Crippen LogP contribution < -0.4 is 0 Å². The van der Waals surface area contributed by atoms with Crippen LogP contribution in [0, 0.1) is 0 Å². The fourth-order valence-electron chi connectivity index (χ4n) is 2.96. The van der Waals surface area contributed by atoms with Crippen LogP contribution in [0.2, 0.25) is 0 Å². The first kappa shape index (κ1) is 16.0. The molecular formula is C17H21ClO3. The quantitative estimate of drug-likeness (QED) is 0.618. The summed E-state index contributed by atoms with van der Waals surface area (Å²) in [4.78, 5) is 23.8. The van der Waals surface area contributed by atoms with Gasteiger partial charge in [-0.05, 0) is 56.0 Å². The van der Waals surface area contributed by atoms with Crippen LogP contribution in [0.1, 0.15) is 61.9 Å². The molecule has 3 nitrogen and oxygen atoms in total. The third-order valence-electron chi connectivity index (χ3n) is 4.10. The van der Waals surface area contributed by atoms with E-state index < -0.39 is 5.41 Å². The molecule has 0 amide bonds. The molecule has 21 heavy (non-hydrogen) atoms. The maximum absolute atomic E-state index is 12.0. The largest absolute Gasteiger partial charge is 0.459 e. The summed E-state index contributed by atoms with van der Waals surface area (Å²) in [7, 11) is 0. The highest BCUT2D eigenvalue weighted by Crippen LogP contribution is 2.41. The Balaban J connectivity index is 2.24. The van der Waals surface area contributed by atoms with E-state index in [0.29, 0.717) is 5.56 Å². The zero-order chi connectivity index (χ0) is 15.5. The second-order valence-corrected chi connectivity index (χ2v) is 6.29. The van der Waals surface area contributed by atoms with Crippen LogP contribution in [-0.4, -0.2) is 17.3 Å². The van der Waals surface area contributed by atoms with Crippen molar-refractivity contribution < 1.29 is 14.3 Å². The van der Waals surface area contributed by atoms with Crippen LogP contribution in [0.5, 0.6) is 0 Å². The minimum absolute atomic E-state index is 0.147. The van der Waals surface area contributed by atoms with Gasteiger partial charge in [-0.25, -0.2) is 4.79 Å². The van der Waals surface area contributed by atoms with Gasteiger partial charge in [0.1, 0.15) is 0 Å². The molecule has 2 rings (SSSR count). The van der Waals surface area contributed by atoms with Crippen LogP contribution >= 0.6 is 11.6 Å². The number of carbonyl (C=O) groups excluding carboxylic acids is 2. The first-order valence-corrected chi connectivity index (χ1v) is 7.85. The monoisotopic (exact) mass is 308 g/mol. The van der Waals surface area contributed by atoms with E-state index in [-0.39, 0.29) is 17.3 Å². The highest BCUT2D eigenvalue weighted by molar-refractivity contribution is 6.65. The highest BCUT2D eigenvalue weighted by atomic mass is 35.5. The lowest BCUT2D eigenvalue weighted by molar-refractivity contribution is -0.117. The number of carbonyl (C=O) groups is 2. The molecular weight excluding hydrogens is 288 g/mol. The van der Waals surface area contributed by atoms with Crippen LogP contribution in [0.25, 0.3) is 0 Å². The molecule has 1 aliphatic carbocycles. The molecule has 0 heterocycles. The molecule has 0 unspecified atom stereocenters. The summed E-state index contributed by atoms with van der Waals surface area (Å²) in [6, 6.07) is 7.11. The molecule has 1 saturated carbocycles. The second-order valence-electron chi connectivity index (χ2n) is 5.95. The van der Waals surface area contributed by atoms with E-state index in [1.54, 1.807) is 12.1 Å². The molecule has 0 aliphatic heterocycles. The van der Waals surface area contributed by atoms with Crippen molar-refractivity contribution in [2.24, 2.45) is 0 Å². The van der Waals surface area contributed by atoms with Gasteiger partial charge in [0, 0.05) is 0 Å². The summed E-state index contributed by atoms with van der Waals surface area (Å²) in [6.45, 7) is 3.63. The van der Waals surface area contributed by atoms with E-state index in [9.17, 15) is 9.59 Å². The fraction of sp³-hybridized carbons (Fsp3) is 0.529. The summed E-state index contributed by atoms with van der Waals surface area (Å²) >= 11 is 5.89. The number of ether oxygens (including phenoxy) is 1. The molecule has 0 N–H and O–H groups in total. The van der Waals surface area contributed by atoms with Crippen molar-refractivity contribution in [3.05, 3.63) is 35.4 Å². The smallest absolute Gasteiger partial charge is 0.338 e. The zero-order valence-corrected chi connectivity index (χ0v) is 13.3. The Labute approximate surface area is 130 Å². The van der Waals surface area contributed by atoms with Gasteiger partial charge in [-0.3, -0.25) is 4.79 Å². The Morgan fingerprint density at radius 1 is 1.10 bits per heavy atom. The molecule has 1 aromatic rings. The van der Waals surface area contributed by atoms with Gasteiger partial charge in [0.25, 0.3) is 0 Å². The fourth-order valence-corrected chi connectivity index (χ4v) is 3.26. The minimum atomic E-state index is -0.583. The second kappa shape index (κ2) is 6.61. The van der Waals surface area contributed by atoms with Crippen molar-refractivity contribution in [3.8, 4) is 0 Å². The Hall–Kier alpha value is -1.35. The van der Waals surface area contributed by atoms with E-state index in [4.69, 9.17) is 16.3 Å². The third-order valence-corrected chi connectivity index (χ3v) is 4.46. The molecule has 4 heteroatoms. The molecule has 0 radical (unpaired) electrons. The Kier molecular flexibility index (Phi) is 5.04. The standard InChI is InChI=1S/C17H21ClO3/c1-12(2)21-15(19)13-6-8-14(9-7-13)17(16(18)20)10-4-3-5-11-17/h6-9,12H,3-5,10-11H2,1-2H3. The maximum atomic E-state index is 12.0. The number of esters is 1. The van der Waals surface area contributed by atoms with E-state index in [2.05, 4.69) is 0 Å². The molecule has 1 aliphatic rings. The van der Waals surface area contributed by atoms with E-state index in [1.165, 1.54) is 0 Å². The molecule has 0 atom stereocenters. The van der Waals surface area contributed by atoms with Gasteiger partial charge in [0.2, 0.25) is 5.24 Å². The van der Waals surface area contributed by atoms with Gasteiger partial charge in [-0.2, -0.15) is 0 Å². The average Bonchev–Trinajstić information content (AvgIpc) is 2.47. The van der Waals surface area contributed by atoms with Crippen molar-refractivity contribution >= 4 is 22.8 Å². The predicted molar refractivity (Wildman–Crippen MR) is 82.6 cm³/mol. The number of rotatable bonds is 4. The van der Waals surface area contributed by atoms with Crippen molar-refractivity contribution in [1.29, 1.82) is 0 Å². The predicted octanol–water partition coefficient (Wildman–Crippen LogP) is 4.22. The number of hydrogen-bond donors (Lipinski definition) is 0. The van der Waals surface area contributed by atoms with Gasteiger partial charge >= 0.3 is 5.97 Å². The molecule has 0 aromatic heterocycles. The molecule has 114 valence electrons. The SMILES string of the molecule is CC(C)OC(=O)c1ccc(C2(C(=O)Cl)CCCCC2)cc1. The Morgan fingerprint density at radius 2 is 1.67 bits per heavy atom. The third kappa shape index (κ3) is 3.46. The molecule has 0 bridgehead atoms. The van der Waals surface area contributed by atoms with Crippen molar-refractivity contribution in [3.63, 3.8) is 0 Å². The van der Waals surface area contributed by atoms with Crippen molar-refractivity contribution in [2.45, 2.75) is 57.5 Å². The van der Waals surface area contributed by atoms with Crippen LogP contribution in [0.3, 0.4) is 0 Å². The van der Waals surface area contributed by atoms with Gasteiger partial charge in [-0.15, -0.1) is 0 Å². The maximum Gasteiger partial charge on any atom is 0.338 e. The number of benzene rings is 1. The van der Waals surface area contributed by atoms with Crippen molar-refractivity contribution in [2.75, 3.05) is 0 Å². The topological polar surface area (TPSA) is 43.4 Å². The average molecular weight is 309 g/mol. The molecule has 1 fully saturated rings. The summed E-state index contributed by atoms with van der Waals surface area (Å²) in [5.74, 6) is -0.341. The first-order valence-electron chi connectivity index (χ1n) is 7.47. The summed E-state index contributed by atoms with van der Waals surface area (Å²) < 4.78 is 5.16. The van der Waals surface area contributed by atoms with Gasteiger partial charge in [0.05, 0.1) is 17.1 Å². The number of hydrogen-bond acceptors (Lipinski definition) is 3. The van der Waals surface area contributed by atoms with Crippen LogP contribution in [0.4, 0.5) is 0 Å². The molecule has 1 aromatic carbocycles. The van der Waals surface area contributed by atoms with E-state index >= 15 is 0 Å². The Bertz CT molecular complexity index is 513. The number of halogens is 1. The highest BCUT2D eigenvalue weighted by Gasteiger charge is 2.40. The summed E-state index contributed by atoms with van der Waals surface area (Å²) in [5.41, 5.74) is 0.823. The first-order chi connectivity index (χ1) is 9.95. The lowest BCUT2D eigenvalue weighted by Gasteiger charge is -2.34. The lowest BCUT2D eigenvalue weighted by Crippen LogP contribution is -2.35.